The monoisotopic (exact) mass is 414 g/mol. The van der Waals surface area contributed by atoms with E-state index in [0.29, 0.717) is 22.8 Å². The molecule has 1 aliphatic rings. The first-order valence-corrected chi connectivity index (χ1v) is 8.91. The van der Waals surface area contributed by atoms with Gasteiger partial charge in [-0.25, -0.2) is 0 Å². The number of carbonyl (C=O) groups is 3. The van der Waals surface area contributed by atoms with E-state index in [-0.39, 0.29) is 29.9 Å². The Bertz CT molecular complexity index is 961. The maximum Gasteiger partial charge on any atom is 0.302 e. The van der Waals surface area contributed by atoms with Gasteiger partial charge in [0.05, 0.1) is 27.9 Å². The lowest BCUT2D eigenvalue weighted by Gasteiger charge is -2.27. The number of methoxy groups -OCH3 is 3. The molecular formula is C21H22N2O7. The van der Waals surface area contributed by atoms with Crippen LogP contribution in [-0.4, -0.2) is 57.2 Å². The lowest BCUT2D eigenvalue weighted by molar-refractivity contribution is -0.147. The van der Waals surface area contributed by atoms with Gasteiger partial charge in [0.15, 0.2) is 11.5 Å². The van der Waals surface area contributed by atoms with E-state index < -0.39 is 17.8 Å². The van der Waals surface area contributed by atoms with Crippen LogP contribution in [0.3, 0.4) is 0 Å². The highest BCUT2D eigenvalue weighted by Gasteiger charge is 2.35. The predicted molar refractivity (Wildman–Crippen MR) is 106 cm³/mol. The molecule has 0 unspecified atom stereocenters. The molecule has 158 valence electrons. The number of benzene rings is 1. The molecule has 0 atom stereocenters. The van der Waals surface area contributed by atoms with Crippen LogP contribution < -0.4 is 14.2 Å². The molecule has 0 spiro atoms. The number of amides is 2. The number of hydrogen-bond acceptors (Lipinski definition) is 8. The number of ether oxygens (including phenoxy) is 4. The van der Waals surface area contributed by atoms with Gasteiger partial charge in [0.25, 0.3) is 11.8 Å². The number of rotatable bonds is 7. The number of esters is 1. The molecule has 2 amide bonds. The van der Waals surface area contributed by atoms with Crippen molar-refractivity contribution in [2.45, 2.75) is 13.8 Å². The van der Waals surface area contributed by atoms with Crippen molar-refractivity contribution in [1.82, 2.24) is 4.90 Å². The molecule has 9 heteroatoms. The highest BCUT2D eigenvalue weighted by atomic mass is 16.5. The fourth-order valence-corrected chi connectivity index (χ4v) is 2.96. The molecule has 0 bridgehead atoms. The van der Waals surface area contributed by atoms with E-state index in [1.165, 1.54) is 41.3 Å². The Morgan fingerprint density at radius 1 is 1.10 bits per heavy atom. The van der Waals surface area contributed by atoms with Crippen LogP contribution >= 0.6 is 0 Å². The van der Waals surface area contributed by atoms with E-state index >= 15 is 0 Å². The van der Waals surface area contributed by atoms with Crippen molar-refractivity contribution >= 4 is 23.9 Å². The molecule has 1 aromatic rings. The summed E-state index contributed by atoms with van der Waals surface area (Å²) in [6.07, 6.45) is 1.53. The Morgan fingerprint density at radius 3 is 2.17 bits per heavy atom. The van der Waals surface area contributed by atoms with Crippen molar-refractivity contribution < 1.29 is 33.3 Å². The largest absolute Gasteiger partial charge is 0.493 e. The fourth-order valence-electron chi connectivity index (χ4n) is 2.96. The molecule has 0 aromatic heterocycles. The minimum atomic E-state index is -0.728. The SMILES string of the molecule is COc1cc(/C=C2/C(=O)N(CCOC(C)=O)C(=O)C(C#N)=C2C)cc(OC)c1OC. The van der Waals surface area contributed by atoms with Crippen LogP contribution in [0.2, 0.25) is 0 Å². The van der Waals surface area contributed by atoms with Crippen LogP contribution in [0.25, 0.3) is 6.08 Å². The van der Waals surface area contributed by atoms with Gasteiger partial charge >= 0.3 is 5.97 Å². The first-order chi connectivity index (χ1) is 14.3. The van der Waals surface area contributed by atoms with Crippen molar-refractivity contribution in [2.24, 2.45) is 0 Å². The number of hydrogen-bond donors (Lipinski definition) is 0. The van der Waals surface area contributed by atoms with Crippen LogP contribution in [0, 0.1) is 11.3 Å². The van der Waals surface area contributed by atoms with Crippen LogP contribution in [0.1, 0.15) is 19.4 Å². The maximum atomic E-state index is 13.0. The van der Waals surface area contributed by atoms with Gasteiger partial charge in [0.1, 0.15) is 18.2 Å². The Kier molecular flexibility index (Phi) is 7.20. The third-order valence-corrected chi connectivity index (χ3v) is 4.44. The third-order valence-electron chi connectivity index (χ3n) is 4.44. The second kappa shape index (κ2) is 9.60. The number of nitrogens with zero attached hydrogens (tertiary/aromatic N) is 2. The van der Waals surface area contributed by atoms with Gasteiger partial charge < -0.3 is 18.9 Å². The summed E-state index contributed by atoms with van der Waals surface area (Å²) in [5, 5.41) is 9.43. The van der Waals surface area contributed by atoms with Gasteiger partial charge in [-0.2, -0.15) is 5.26 Å². The average molecular weight is 414 g/mol. The normalized spacial score (nSPS) is 15.2. The van der Waals surface area contributed by atoms with Crippen molar-refractivity contribution in [3.05, 3.63) is 34.4 Å². The van der Waals surface area contributed by atoms with Gasteiger partial charge in [-0.05, 0) is 36.3 Å². The van der Waals surface area contributed by atoms with Crippen molar-refractivity contribution in [2.75, 3.05) is 34.5 Å². The summed E-state index contributed by atoms with van der Waals surface area (Å²) in [4.78, 5) is 37.4. The second-order valence-electron chi connectivity index (χ2n) is 6.23. The van der Waals surface area contributed by atoms with E-state index in [4.69, 9.17) is 18.9 Å². The molecule has 0 saturated heterocycles. The highest BCUT2D eigenvalue weighted by Crippen LogP contribution is 2.39. The number of carbonyl (C=O) groups excluding carboxylic acids is 3. The van der Waals surface area contributed by atoms with Gasteiger partial charge in [0.2, 0.25) is 5.75 Å². The molecule has 1 heterocycles. The van der Waals surface area contributed by atoms with Gasteiger partial charge in [-0.15, -0.1) is 0 Å². The van der Waals surface area contributed by atoms with Crippen molar-refractivity contribution in [3.8, 4) is 23.3 Å². The third kappa shape index (κ3) is 4.43. The van der Waals surface area contributed by atoms with Crippen molar-refractivity contribution in [1.29, 1.82) is 5.26 Å². The quantitative estimate of drug-likeness (QED) is 0.377. The van der Waals surface area contributed by atoms with Crippen LogP contribution in [0.5, 0.6) is 17.2 Å². The van der Waals surface area contributed by atoms with Crippen LogP contribution in [0.4, 0.5) is 0 Å². The summed E-state index contributed by atoms with van der Waals surface area (Å²) in [7, 11) is 4.41. The van der Waals surface area contributed by atoms with E-state index in [9.17, 15) is 19.6 Å². The van der Waals surface area contributed by atoms with Crippen molar-refractivity contribution in [3.63, 3.8) is 0 Å². The van der Waals surface area contributed by atoms with E-state index in [0.717, 1.165) is 4.90 Å². The Labute approximate surface area is 174 Å². The Morgan fingerprint density at radius 2 is 1.70 bits per heavy atom. The molecule has 0 aliphatic carbocycles. The standard InChI is InChI=1S/C21H22N2O7/c1-12-15(8-14-9-17(27-3)19(29-5)18(10-14)28-4)20(25)23(6-7-30-13(2)24)21(26)16(12)11-22/h8-10H,6-7H2,1-5H3/b15-8+. The number of nitriles is 1. The summed E-state index contributed by atoms with van der Waals surface area (Å²) in [5.74, 6) is -0.701. The zero-order chi connectivity index (χ0) is 22.4. The highest BCUT2D eigenvalue weighted by molar-refractivity contribution is 6.19. The zero-order valence-corrected chi connectivity index (χ0v) is 17.4. The summed E-state index contributed by atoms with van der Waals surface area (Å²) in [6.45, 7) is 2.42. The summed E-state index contributed by atoms with van der Waals surface area (Å²) < 4.78 is 20.8. The van der Waals surface area contributed by atoms with E-state index in [2.05, 4.69) is 0 Å². The molecule has 1 aliphatic heterocycles. The molecule has 0 N–H and O–H groups in total. The molecule has 30 heavy (non-hydrogen) atoms. The maximum absolute atomic E-state index is 13.0. The Hall–Kier alpha value is -3.80. The van der Waals surface area contributed by atoms with Gasteiger partial charge in [-0.1, -0.05) is 0 Å². The van der Waals surface area contributed by atoms with E-state index in [1.807, 2.05) is 6.07 Å². The van der Waals surface area contributed by atoms with Crippen LogP contribution in [-0.2, 0) is 19.1 Å². The second-order valence-corrected chi connectivity index (χ2v) is 6.23. The molecule has 0 radical (unpaired) electrons. The smallest absolute Gasteiger partial charge is 0.302 e. The van der Waals surface area contributed by atoms with E-state index in [1.54, 1.807) is 12.1 Å². The lowest BCUT2D eigenvalue weighted by atomic mass is 9.93. The minimum Gasteiger partial charge on any atom is -0.493 e. The van der Waals surface area contributed by atoms with Crippen LogP contribution in [0.15, 0.2) is 28.9 Å². The molecular weight excluding hydrogens is 392 g/mol. The molecule has 1 aromatic carbocycles. The molecule has 0 saturated carbocycles. The molecule has 2 rings (SSSR count). The first kappa shape index (κ1) is 22.5. The zero-order valence-electron chi connectivity index (χ0n) is 17.4. The average Bonchev–Trinajstić information content (AvgIpc) is 2.72. The van der Waals surface area contributed by atoms with Gasteiger partial charge in [0, 0.05) is 12.5 Å². The Balaban J connectivity index is 2.55. The summed E-state index contributed by atoms with van der Waals surface area (Å²) in [6, 6.07) is 5.13. The molecule has 9 nitrogen and oxygen atoms in total. The number of imide groups is 1. The minimum absolute atomic E-state index is 0.156. The first-order valence-electron chi connectivity index (χ1n) is 8.91. The summed E-state index contributed by atoms with van der Waals surface area (Å²) >= 11 is 0. The lowest BCUT2D eigenvalue weighted by Crippen LogP contribution is -2.44. The fraction of sp³-hybridized carbons (Fsp3) is 0.333. The summed E-state index contributed by atoms with van der Waals surface area (Å²) in [5.41, 5.74) is 0.795. The predicted octanol–water partition coefficient (Wildman–Crippen LogP) is 1.87. The molecule has 0 fully saturated rings. The van der Waals surface area contributed by atoms with Gasteiger partial charge in [-0.3, -0.25) is 19.3 Å². The topological polar surface area (TPSA) is 115 Å².